The number of rotatable bonds is 11. The van der Waals surface area contributed by atoms with E-state index >= 15 is 0 Å². The van der Waals surface area contributed by atoms with Crippen molar-refractivity contribution in [1.82, 2.24) is 4.90 Å². The van der Waals surface area contributed by atoms with Gasteiger partial charge in [0.2, 0.25) is 5.76 Å². The Morgan fingerprint density at radius 1 is 1.03 bits per heavy atom. The molecule has 2 heterocycles. The van der Waals surface area contributed by atoms with Crippen molar-refractivity contribution >= 4 is 16.9 Å². The van der Waals surface area contributed by atoms with Crippen LogP contribution in [0, 0.1) is 5.82 Å². The van der Waals surface area contributed by atoms with E-state index in [1.165, 1.54) is 12.1 Å². The first-order valence-electron chi connectivity index (χ1n) is 12.3. The molecule has 1 unspecified atom stereocenters. The van der Waals surface area contributed by atoms with E-state index in [0.29, 0.717) is 26.2 Å². The molecule has 0 fully saturated rings. The Morgan fingerprint density at radius 3 is 2.51 bits per heavy atom. The molecule has 0 N–H and O–H groups in total. The third-order valence-electron chi connectivity index (χ3n) is 6.13. The number of fused-ring (bicyclic) bond motifs is 2. The molecular formula is C28H32FNO5. The van der Waals surface area contributed by atoms with Gasteiger partial charge in [0, 0.05) is 13.2 Å². The number of hydrogen-bond donors (Lipinski definition) is 0. The normalized spacial score (nSPS) is 15.3. The minimum atomic E-state index is -0.630. The van der Waals surface area contributed by atoms with E-state index in [9.17, 15) is 14.0 Å². The number of unbranched alkanes of at least 4 members (excludes halogenated alkanes) is 2. The number of amides is 1. The fourth-order valence-corrected chi connectivity index (χ4v) is 4.41. The first kappa shape index (κ1) is 24.9. The van der Waals surface area contributed by atoms with E-state index in [1.54, 1.807) is 4.90 Å². The van der Waals surface area contributed by atoms with E-state index in [4.69, 9.17) is 13.9 Å². The van der Waals surface area contributed by atoms with Gasteiger partial charge < -0.3 is 18.8 Å². The Hall–Kier alpha value is -3.19. The third-order valence-corrected chi connectivity index (χ3v) is 6.13. The standard InChI is InChI=1S/C28H32FNO5/c1-4-5-6-15-34-21-11-8-19(9-12-21)25-24-26(31)22-17-20(29)10-13-23(22)35-27(24)28(32)30(25)14-7-16-33-18(2)3/h8-13,17-18,25H,4-7,14-16H2,1-3H3. The van der Waals surface area contributed by atoms with E-state index in [0.717, 1.165) is 36.6 Å². The molecule has 0 spiro atoms. The zero-order valence-corrected chi connectivity index (χ0v) is 20.5. The second kappa shape index (κ2) is 11.0. The second-order valence-electron chi connectivity index (χ2n) is 9.11. The van der Waals surface area contributed by atoms with Gasteiger partial charge in [0.1, 0.15) is 17.1 Å². The Labute approximate surface area is 204 Å². The summed E-state index contributed by atoms with van der Waals surface area (Å²) < 4.78 is 31.3. The second-order valence-corrected chi connectivity index (χ2v) is 9.11. The maximum Gasteiger partial charge on any atom is 0.290 e. The van der Waals surface area contributed by atoms with Crippen LogP contribution in [0.25, 0.3) is 11.0 Å². The number of carbonyl (C=O) groups excluding carboxylic acids is 1. The van der Waals surface area contributed by atoms with Crippen LogP contribution in [0.2, 0.25) is 0 Å². The molecule has 35 heavy (non-hydrogen) atoms. The van der Waals surface area contributed by atoms with Crippen LogP contribution < -0.4 is 10.2 Å². The molecule has 2 aromatic carbocycles. The zero-order valence-electron chi connectivity index (χ0n) is 20.5. The van der Waals surface area contributed by atoms with Crippen molar-refractivity contribution in [2.24, 2.45) is 0 Å². The molecule has 1 aliphatic rings. The van der Waals surface area contributed by atoms with Gasteiger partial charge in [0.05, 0.1) is 29.7 Å². The summed E-state index contributed by atoms with van der Waals surface area (Å²) in [6.45, 7) is 7.58. The van der Waals surface area contributed by atoms with Crippen molar-refractivity contribution in [2.75, 3.05) is 19.8 Å². The fraction of sp³-hybridized carbons (Fsp3) is 0.429. The monoisotopic (exact) mass is 481 g/mol. The molecule has 7 heteroatoms. The molecule has 0 radical (unpaired) electrons. The first-order valence-corrected chi connectivity index (χ1v) is 12.3. The Morgan fingerprint density at radius 2 is 1.80 bits per heavy atom. The lowest BCUT2D eigenvalue weighted by Crippen LogP contribution is -2.31. The first-order chi connectivity index (χ1) is 16.9. The average molecular weight is 482 g/mol. The maximum atomic E-state index is 13.9. The van der Waals surface area contributed by atoms with Gasteiger partial charge in [-0.15, -0.1) is 0 Å². The van der Waals surface area contributed by atoms with Crippen LogP contribution in [-0.2, 0) is 4.74 Å². The van der Waals surface area contributed by atoms with Crippen LogP contribution in [0.1, 0.15) is 74.2 Å². The van der Waals surface area contributed by atoms with Gasteiger partial charge in [-0.25, -0.2) is 4.39 Å². The number of benzene rings is 2. The SMILES string of the molecule is CCCCCOc1ccc(C2c3c(oc4ccc(F)cc4c3=O)C(=O)N2CCCOC(C)C)cc1. The molecule has 0 bridgehead atoms. The molecular weight excluding hydrogens is 449 g/mol. The van der Waals surface area contributed by atoms with Crippen molar-refractivity contribution in [3.63, 3.8) is 0 Å². The fourth-order valence-electron chi connectivity index (χ4n) is 4.41. The predicted molar refractivity (Wildman–Crippen MR) is 132 cm³/mol. The largest absolute Gasteiger partial charge is 0.494 e. The zero-order chi connectivity index (χ0) is 24.9. The third kappa shape index (κ3) is 5.40. The minimum absolute atomic E-state index is 0.0174. The van der Waals surface area contributed by atoms with Crippen LogP contribution in [0.15, 0.2) is 51.7 Å². The summed E-state index contributed by atoms with van der Waals surface area (Å²) in [5, 5.41) is 0.127. The Bertz CT molecular complexity index is 1230. The lowest BCUT2D eigenvalue weighted by molar-refractivity contribution is 0.0593. The molecule has 186 valence electrons. The lowest BCUT2D eigenvalue weighted by atomic mass is 9.98. The summed E-state index contributed by atoms with van der Waals surface area (Å²) in [5.41, 5.74) is 0.823. The van der Waals surface area contributed by atoms with Crippen molar-refractivity contribution in [3.8, 4) is 5.75 Å². The van der Waals surface area contributed by atoms with Crippen LogP contribution >= 0.6 is 0 Å². The quantitative estimate of drug-likeness (QED) is 0.321. The molecule has 1 aliphatic heterocycles. The molecule has 0 saturated carbocycles. The molecule has 6 nitrogen and oxygen atoms in total. The van der Waals surface area contributed by atoms with Crippen molar-refractivity contribution in [3.05, 3.63) is 75.4 Å². The van der Waals surface area contributed by atoms with Gasteiger partial charge in [0.15, 0.2) is 5.43 Å². The minimum Gasteiger partial charge on any atom is -0.494 e. The number of halogens is 1. The van der Waals surface area contributed by atoms with Gasteiger partial charge in [-0.05, 0) is 62.6 Å². The summed E-state index contributed by atoms with van der Waals surface area (Å²) in [4.78, 5) is 28.5. The molecule has 1 amide bonds. The van der Waals surface area contributed by atoms with Crippen molar-refractivity contribution in [2.45, 2.75) is 58.6 Å². The van der Waals surface area contributed by atoms with Gasteiger partial charge >= 0.3 is 0 Å². The molecule has 3 aromatic rings. The van der Waals surface area contributed by atoms with Crippen LogP contribution in [0.4, 0.5) is 4.39 Å². The topological polar surface area (TPSA) is 69.0 Å². The molecule has 4 rings (SSSR count). The molecule has 0 saturated heterocycles. The van der Waals surface area contributed by atoms with E-state index in [2.05, 4.69) is 6.92 Å². The molecule has 0 aliphatic carbocycles. The van der Waals surface area contributed by atoms with Gasteiger partial charge in [-0.2, -0.15) is 0 Å². The average Bonchev–Trinajstić information content (AvgIpc) is 3.12. The van der Waals surface area contributed by atoms with Gasteiger partial charge in [-0.3, -0.25) is 9.59 Å². The smallest absolute Gasteiger partial charge is 0.290 e. The summed E-state index contributed by atoms with van der Waals surface area (Å²) in [6, 6.07) is 10.6. The number of ether oxygens (including phenoxy) is 2. The number of nitrogens with zero attached hydrogens (tertiary/aromatic N) is 1. The highest BCUT2D eigenvalue weighted by atomic mass is 19.1. The van der Waals surface area contributed by atoms with Crippen molar-refractivity contribution < 1.29 is 23.1 Å². The van der Waals surface area contributed by atoms with Crippen LogP contribution in [-0.4, -0.2) is 36.7 Å². The van der Waals surface area contributed by atoms with Crippen LogP contribution in [0.3, 0.4) is 0 Å². The highest BCUT2D eigenvalue weighted by Crippen LogP contribution is 2.38. The summed E-state index contributed by atoms with van der Waals surface area (Å²) in [5.74, 6) is -0.127. The predicted octanol–water partition coefficient (Wildman–Crippen LogP) is 5.86. The number of carbonyl (C=O) groups is 1. The summed E-state index contributed by atoms with van der Waals surface area (Å²) in [7, 11) is 0. The van der Waals surface area contributed by atoms with E-state index < -0.39 is 11.9 Å². The van der Waals surface area contributed by atoms with E-state index in [-0.39, 0.29) is 39.7 Å². The van der Waals surface area contributed by atoms with Gasteiger partial charge in [-0.1, -0.05) is 31.9 Å². The van der Waals surface area contributed by atoms with E-state index in [1.807, 2.05) is 38.1 Å². The highest BCUT2D eigenvalue weighted by Gasteiger charge is 2.42. The Kier molecular flexibility index (Phi) is 7.86. The number of hydrogen-bond acceptors (Lipinski definition) is 5. The summed E-state index contributed by atoms with van der Waals surface area (Å²) in [6.07, 6.45) is 3.91. The maximum absolute atomic E-state index is 13.9. The molecule has 1 atom stereocenters. The highest BCUT2D eigenvalue weighted by molar-refractivity contribution is 5.99. The molecule has 1 aromatic heterocycles. The van der Waals surface area contributed by atoms with Crippen molar-refractivity contribution in [1.29, 1.82) is 0 Å². The Balaban J connectivity index is 1.69. The van der Waals surface area contributed by atoms with Gasteiger partial charge in [0.25, 0.3) is 5.91 Å². The lowest BCUT2D eigenvalue weighted by Gasteiger charge is -2.25. The summed E-state index contributed by atoms with van der Waals surface area (Å²) >= 11 is 0. The van der Waals surface area contributed by atoms with Crippen LogP contribution in [0.5, 0.6) is 5.75 Å².